The zero-order valence-electron chi connectivity index (χ0n) is 14.4. The molecule has 0 atom stereocenters. The fourth-order valence-electron chi connectivity index (χ4n) is 2.67. The summed E-state index contributed by atoms with van der Waals surface area (Å²) >= 11 is 0. The van der Waals surface area contributed by atoms with E-state index in [9.17, 15) is 9.59 Å². The summed E-state index contributed by atoms with van der Waals surface area (Å²) < 4.78 is 11.2. The second-order valence-corrected chi connectivity index (χ2v) is 7.07. The van der Waals surface area contributed by atoms with E-state index in [1.807, 2.05) is 20.8 Å². The monoisotopic (exact) mass is 335 g/mol. The van der Waals surface area contributed by atoms with Gasteiger partial charge in [-0.2, -0.15) is 0 Å². The lowest BCUT2D eigenvalue weighted by atomic mass is 9.93. The van der Waals surface area contributed by atoms with Crippen molar-refractivity contribution in [3.63, 3.8) is 0 Å². The molecule has 0 saturated heterocycles. The molecule has 0 aromatic heterocycles. The summed E-state index contributed by atoms with van der Waals surface area (Å²) in [5.74, 6) is -0.279. The molecule has 1 amide bonds. The second-order valence-electron chi connectivity index (χ2n) is 7.07. The van der Waals surface area contributed by atoms with Crippen molar-refractivity contribution < 1.29 is 24.2 Å². The number of aromatic carboxylic acids is 1. The Morgan fingerprint density at radius 3 is 2.17 bits per heavy atom. The lowest BCUT2D eigenvalue weighted by Crippen LogP contribution is -2.42. The van der Waals surface area contributed by atoms with Crippen LogP contribution in [-0.4, -0.2) is 34.9 Å². The number of carbonyl (C=O) groups is 2. The number of nitrogens with one attached hydrogen (secondary N) is 1. The molecule has 0 bridgehead atoms. The summed E-state index contributed by atoms with van der Waals surface area (Å²) in [7, 11) is 0. The van der Waals surface area contributed by atoms with Gasteiger partial charge in [-0.25, -0.2) is 9.59 Å². The Morgan fingerprint density at radius 1 is 1.08 bits per heavy atom. The van der Waals surface area contributed by atoms with Crippen LogP contribution in [0, 0.1) is 0 Å². The fraction of sp³-hybridized carbons (Fsp3) is 0.556. The highest BCUT2D eigenvalue weighted by molar-refractivity contribution is 5.87. The van der Waals surface area contributed by atoms with Crippen LogP contribution in [0.1, 0.15) is 56.8 Å². The molecule has 1 aromatic rings. The maximum atomic E-state index is 11.8. The maximum absolute atomic E-state index is 11.8. The van der Waals surface area contributed by atoms with E-state index in [1.165, 1.54) is 12.1 Å². The molecule has 0 radical (unpaired) electrons. The van der Waals surface area contributed by atoms with Gasteiger partial charge in [-0.15, -0.1) is 0 Å². The molecular formula is C18H25NO5. The Morgan fingerprint density at radius 2 is 1.67 bits per heavy atom. The van der Waals surface area contributed by atoms with Crippen molar-refractivity contribution in [2.24, 2.45) is 0 Å². The van der Waals surface area contributed by atoms with Gasteiger partial charge >= 0.3 is 12.1 Å². The van der Waals surface area contributed by atoms with Gasteiger partial charge in [-0.05, 0) is 70.7 Å². The van der Waals surface area contributed by atoms with Gasteiger partial charge in [0.2, 0.25) is 0 Å². The van der Waals surface area contributed by atoms with Gasteiger partial charge in [0.1, 0.15) is 11.4 Å². The molecule has 6 nitrogen and oxygen atoms in total. The zero-order chi connectivity index (χ0) is 17.7. The van der Waals surface area contributed by atoms with Crippen LogP contribution in [0.2, 0.25) is 0 Å². The van der Waals surface area contributed by atoms with Crippen LogP contribution in [0.3, 0.4) is 0 Å². The first-order chi connectivity index (χ1) is 11.2. The highest BCUT2D eigenvalue weighted by Gasteiger charge is 2.25. The molecule has 0 spiro atoms. The molecule has 1 saturated carbocycles. The first-order valence-corrected chi connectivity index (χ1v) is 8.22. The number of benzene rings is 1. The predicted octanol–water partition coefficient (Wildman–Crippen LogP) is 3.60. The minimum absolute atomic E-state index is 0.0809. The molecule has 1 aliphatic carbocycles. The van der Waals surface area contributed by atoms with Crippen molar-refractivity contribution in [1.82, 2.24) is 5.32 Å². The largest absolute Gasteiger partial charge is 0.490 e. The number of hydrogen-bond acceptors (Lipinski definition) is 4. The van der Waals surface area contributed by atoms with Gasteiger partial charge < -0.3 is 19.9 Å². The van der Waals surface area contributed by atoms with E-state index in [-0.39, 0.29) is 23.8 Å². The number of rotatable bonds is 4. The molecule has 1 aromatic carbocycles. The van der Waals surface area contributed by atoms with Gasteiger partial charge in [0.15, 0.2) is 0 Å². The number of amides is 1. The number of hydrogen-bond donors (Lipinski definition) is 2. The highest BCUT2D eigenvalue weighted by atomic mass is 16.6. The zero-order valence-corrected chi connectivity index (χ0v) is 14.4. The van der Waals surface area contributed by atoms with Gasteiger partial charge in [0.05, 0.1) is 11.7 Å². The summed E-state index contributed by atoms with van der Waals surface area (Å²) in [5, 5.41) is 11.8. The predicted molar refractivity (Wildman–Crippen MR) is 89.4 cm³/mol. The second kappa shape index (κ2) is 7.55. The van der Waals surface area contributed by atoms with Gasteiger partial charge in [-0.3, -0.25) is 0 Å². The molecule has 0 unspecified atom stereocenters. The van der Waals surface area contributed by atoms with Crippen LogP contribution >= 0.6 is 0 Å². The lowest BCUT2D eigenvalue weighted by molar-refractivity contribution is 0.0470. The number of carboxylic acid groups (broad SMARTS) is 1. The summed E-state index contributed by atoms with van der Waals surface area (Å²) in [4.78, 5) is 22.6. The van der Waals surface area contributed by atoms with Gasteiger partial charge in [0.25, 0.3) is 0 Å². The molecule has 24 heavy (non-hydrogen) atoms. The number of ether oxygens (including phenoxy) is 2. The molecule has 2 N–H and O–H groups in total. The van der Waals surface area contributed by atoms with Crippen molar-refractivity contribution in [1.29, 1.82) is 0 Å². The molecular weight excluding hydrogens is 310 g/mol. The fourth-order valence-corrected chi connectivity index (χ4v) is 2.67. The van der Waals surface area contributed by atoms with Crippen LogP contribution in [0.4, 0.5) is 4.79 Å². The smallest absolute Gasteiger partial charge is 0.407 e. The highest BCUT2D eigenvalue weighted by Crippen LogP contribution is 2.24. The number of alkyl carbamates (subject to hydrolysis) is 1. The molecule has 6 heteroatoms. The third-order valence-electron chi connectivity index (χ3n) is 3.80. The first-order valence-electron chi connectivity index (χ1n) is 8.22. The van der Waals surface area contributed by atoms with E-state index in [4.69, 9.17) is 14.6 Å². The topological polar surface area (TPSA) is 84.9 Å². The van der Waals surface area contributed by atoms with Crippen molar-refractivity contribution in [3.8, 4) is 5.75 Å². The molecule has 1 fully saturated rings. The average molecular weight is 335 g/mol. The summed E-state index contributed by atoms with van der Waals surface area (Å²) in [6.45, 7) is 5.52. The number of carbonyl (C=O) groups excluding carboxylic acids is 1. The van der Waals surface area contributed by atoms with E-state index >= 15 is 0 Å². The minimum atomic E-state index is -0.949. The number of carboxylic acids is 1. The Bertz CT molecular complexity index is 568. The molecule has 0 heterocycles. The van der Waals surface area contributed by atoms with Gasteiger partial charge in [-0.1, -0.05) is 0 Å². The van der Waals surface area contributed by atoms with Crippen molar-refractivity contribution >= 4 is 12.1 Å². The van der Waals surface area contributed by atoms with E-state index in [0.29, 0.717) is 5.75 Å². The van der Waals surface area contributed by atoms with Crippen molar-refractivity contribution in [3.05, 3.63) is 29.8 Å². The Hall–Kier alpha value is -2.24. The Kier molecular flexibility index (Phi) is 5.70. The van der Waals surface area contributed by atoms with E-state index in [0.717, 1.165) is 25.7 Å². The summed E-state index contributed by atoms with van der Waals surface area (Å²) in [5.41, 5.74) is -0.250. The van der Waals surface area contributed by atoms with Crippen LogP contribution in [0.15, 0.2) is 24.3 Å². The average Bonchev–Trinajstić information content (AvgIpc) is 2.48. The Labute approximate surface area is 142 Å². The van der Waals surface area contributed by atoms with Crippen molar-refractivity contribution in [2.45, 2.75) is 64.2 Å². The SMILES string of the molecule is CC(C)(C)OC(=O)N[C@H]1CC[C@@H](Oc2ccc(C(=O)O)cc2)CC1. The quantitative estimate of drug-likeness (QED) is 0.878. The summed E-state index contributed by atoms with van der Waals surface area (Å²) in [6, 6.07) is 6.53. The summed E-state index contributed by atoms with van der Waals surface area (Å²) in [6.07, 6.45) is 3.03. The standard InChI is InChI=1S/C18H25NO5/c1-18(2,3)24-17(22)19-13-6-10-15(11-7-13)23-14-8-4-12(5-9-14)16(20)21/h4-5,8-9,13,15H,6-7,10-11H2,1-3H3,(H,19,22)(H,20,21)/t13-,15+. The third kappa shape index (κ3) is 5.76. The minimum Gasteiger partial charge on any atom is -0.490 e. The molecule has 2 rings (SSSR count). The lowest BCUT2D eigenvalue weighted by Gasteiger charge is -2.30. The van der Waals surface area contributed by atoms with Gasteiger partial charge in [0, 0.05) is 6.04 Å². The van der Waals surface area contributed by atoms with Crippen LogP contribution in [0.5, 0.6) is 5.75 Å². The first kappa shape index (κ1) is 18.1. The Balaban J connectivity index is 1.76. The van der Waals surface area contributed by atoms with Crippen LogP contribution in [0.25, 0.3) is 0 Å². The van der Waals surface area contributed by atoms with E-state index in [2.05, 4.69) is 5.32 Å². The van der Waals surface area contributed by atoms with E-state index in [1.54, 1.807) is 12.1 Å². The molecule has 0 aliphatic heterocycles. The van der Waals surface area contributed by atoms with Crippen molar-refractivity contribution in [2.75, 3.05) is 0 Å². The third-order valence-corrected chi connectivity index (χ3v) is 3.80. The normalized spacial score (nSPS) is 21.0. The molecule has 1 aliphatic rings. The van der Waals surface area contributed by atoms with Crippen LogP contribution < -0.4 is 10.1 Å². The molecule has 132 valence electrons. The van der Waals surface area contributed by atoms with E-state index < -0.39 is 11.6 Å². The van der Waals surface area contributed by atoms with Crippen LogP contribution in [-0.2, 0) is 4.74 Å². The maximum Gasteiger partial charge on any atom is 0.407 e.